The SMILES string of the molecule is CC(=O)Nc1ccc(NC(=O)N2CCN(c3ccc(NC(C)=O)cc3)CC2)cc1. The van der Waals surface area contributed by atoms with Crippen LogP contribution in [0.3, 0.4) is 0 Å². The molecule has 1 saturated heterocycles. The van der Waals surface area contributed by atoms with Gasteiger partial charge < -0.3 is 25.8 Å². The molecular formula is C21H25N5O3. The summed E-state index contributed by atoms with van der Waals surface area (Å²) < 4.78 is 0. The van der Waals surface area contributed by atoms with Crippen LogP contribution < -0.4 is 20.9 Å². The number of anilines is 4. The molecule has 1 heterocycles. The number of hydrogen-bond donors (Lipinski definition) is 3. The second-order valence-electron chi connectivity index (χ2n) is 6.89. The number of piperazine rings is 1. The van der Waals surface area contributed by atoms with Crippen LogP contribution in [0.2, 0.25) is 0 Å². The van der Waals surface area contributed by atoms with Gasteiger partial charge in [-0.15, -0.1) is 0 Å². The fraction of sp³-hybridized carbons (Fsp3) is 0.286. The molecule has 0 aliphatic carbocycles. The summed E-state index contributed by atoms with van der Waals surface area (Å²) in [5.74, 6) is -0.230. The van der Waals surface area contributed by atoms with Crippen molar-refractivity contribution in [2.75, 3.05) is 47.0 Å². The van der Waals surface area contributed by atoms with Crippen molar-refractivity contribution in [3.05, 3.63) is 48.5 Å². The molecule has 0 radical (unpaired) electrons. The van der Waals surface area contributed by atoms with Crippen molar-refractivity contribution in [1.82, 2.24) is 4.90 Å². The highest BCUT2D eigenvalue weighted by Crippen LogP contribution is 2.20. The number of benzene rings is 2. The minimum atomic E-state index is -0.141. The van der Waals surface area contributed by atoms with Crippen molar-refractivity contribution in [3.8, 4) is 0 Å². The van der Waals surface area contributed by atoms with Crippen molar-refractivity contribution >= 4 is 40.6 Å². The van der Waals surface area contributed by atoms with Crippen LogP contribution in [0, 0.1) is 0 Å². The van der Waals surface area contributed by atoms with Crippen LogP contribution in [0.4, 0.5) is 27.5 Å². The monoisotopic (exact) mass is 395 g/mol. The summed E-state index contributed by atoms with van der Waals surface area (Å²) in [6, 6.07) is 14.6. The zero-order chi connectivity index (χ0) is 20.8. The highest BCUT2D eigenvalue weighted by Gasteiger charge is 2.21. The average Bonchev–Trinajstić information content (AvgIpc) is 2.69. The van der Waals surface area contributed by atoms with E-state index < -0.39 is 0 Å². The summed E-state index contributed by atoms with van der Waals surface area (Å²) >= 11 is 0. The van der Waals surface area contributed by atoms with Gasteiger partial charge in [0, 0.05) is 62.8 Å². The molecule has 2 aromatic rings. The topological polar surface area (TPSA) is 93.8 Å². The molecule has 0 aromatic heterocycles. The summed E-state index contributed by atoms with van der Waals surface area (Å²) in [6.07, 6.45) is 0. The Labute approximate surface area is 169 Å². The molecule has 0 bridgehead atoms. The van der Waals surface area contributed by atoms with E-state index in [9.17, 15) is 14.4 Å². The molecule has 152 valence electrons. The molecule has 1 aliphatic rings. The molecule has 3 rings (SSSR count). The number of amides is 4. The Morgan fingerprint density at radius 1 is 0.655 bits per heavy atom. The molecule has 1 fully saturated rings. The van der Waals surface area contributed by atoms with Crippen molar-refractivity contribution in [2.45, 2.75) is 13.8 Å². The van der Waals surface area contributed by atoms with Crippen LogP contribution in [0.1, 0.15) is 13.8 Å². The Balaban J connectivity index is 1.50. The van der Waals surface area contributed by atoms with Gasteiger partial charge in [0.2, 0.25) is 11.8 Å². The lowest BCUT2D eigenvalue weighted by Gasteiger charge is -2.36. The van der Waals surface area contributed by atoms with Crippen LogP contribution in [0.5, 0.6) is 0 Å². The van der Waals surface area contributed by atoms with Gasteiger partial charge in [-0.05, 0) is 48.5 Å². The summed E-state index contributed by atoms with van der Waals surface area (Å²) in [5, 5.41) is 8.34. The maximum absolute atomic E-state index is 12.5. The summed E-state index contributed by atoms with van der Waals surface area (Å²) in [5.41, 5.74) is 3.20. The minimum absolute atomic E-state index is 0.0952. The molecule has 0 saturated carbocycles. The molecule has 0 atom stereocenters. The van der Waals surface area contributed by atoms with Gasteiger partial charge in [0.25, 0.3) is 0 Å². The Kier molecular flexibility index (Phi) is 6.33. The fourth-order valence-corrected chi connectivity index (χ4v) is 3.17. The largest absolute Gasteiger partial charge is 0.368 e. The Bertz CT molecular complexity index is 872. The Morgan fingerprint density at radius 3 is 1.52 bits per heavy atom. The average molecular weight is 395 g/mol. The number of nitrogens with one attached hydrogen (secondary N) is 3. The Morgan fingerprint density at radius 2 is 1.07 bits per heavy atom. The van der Waals surface area contributed by atoms with E-state index >= 15 is 0 Å². The molecule has 0 unspecified atom stereocenters. The molecule has 8 nitrogen and oxygen atoms in total. The van der Waals surface area contributed by atoms with Crippen molar-refractivity contribution < 1.29 is 14.4 Å². The van der Waals surface area contributed by atoms with Gasteiger partial charge in [0.15, 0.2) is 0 Å². The molecule has 2 aromatic carbocycles. The van der Waals surface area contributed by atoms with E-state index in [0.29, 0.717) is 24.5 Å². The third kappa shape index (κ3) is 5.71. The van der Waals surface area contributed by atoms with E-state index in [1.807, 2.05) is 24.3 Å². The lowest BCUT2D eigenvalue weighted by Crippen LogP contribution is -2.50. The fourth-order valence-electron chi connectivity index (χ4n) is 3.17. The molecule has 3 N–H and O–H groups in total. The standard InChI is InChI=1S/C21H25N5O3/c1-15(27)22-17-3-5-19(6-4-17)24-21(29)26-13-11-25(12-14-26)20-9-7-18(8-10-20)23-16(2)28/h3-10H,11-14H2,1-2H3,(H,22,27)(H,23,28)(H,24,29). The number of urea groups is 1. The summed E-state index contributed by atoms with van der Waals surface area (Å²) in [4.78, 5) is 38.7. The molecule has 8 heteroatoms. The first-order valence-corrected chi connectivity index (χ1v) is 9.47. The van der Waals surface area contributed by atoms with E-state index in [2.05, 4.69) is 20.9 Å². The van der Waals surface area contributed by atoms with Gasteiger partial charge in [0.05, 0.1) is 0 Å². The lowest BCUT2D eigenvalue weighted by atomic mass is 10.2. The lowest BCUT2D eigenvalue weighted by molar-refractivity contribution is -0.115. The third-order valence-electron chi connectivity index (χ3n) is 4.58. The predicted molar refractivity (Wildman–Crippen MR) is 114 cm³/mol. The number of rotatable bonds is 4. The third-order valence-corrected chi connectivity index (χ3v) is 4.58. The predicted octanol–water partition coefficient (Wildman–Crippen LogP) is 2.96. The van der Waals surface area contributed by atoms with Crippen LogP contribution in [0.15, 0.2) is 48.5 Å². The quantitative estimate of drug-likeness (QED) is 0.742. The van der Waals surface area contributed by atoms with Gasteiger partial charge in [-0.1, -0.05) is 0 Å². The second-order valence-corrected chi connectivity index (χ2v) is 6.89. The molecule has 0 spiro atoms. The molecular weight excluding hydrogens is 370 g/mol. The zero-order valence-corrected chi connectivity index (χ0v) is 16.6. The minimum Gasteiger partial charge on any atom is -0.368 e. The molecule has 29 heavy (non-hydrogen) atoms. The number of nitrogens with zero attached hydrogens (tertiary/aromatic N) is 2. The number of hydrogen-bond acceptors (Lipinski definition) is 4. The second kappa shape index (κ2) is 9.09. The normalized spacial score (nSPS) is 13.6. The van der Waals surface area contributed by atoms with Crippen molar-refractivity contribution in [2.24, 2.45) is 0 Å². The van der Waals surface area contributed by atoms with E-state index in [4.69, 9.17) is 0 Å². The molecule has 1 aliphatic heterocycles. The maximum Gasteiger partial charge on any atom is 0.321 e. The van der Waals surface area contributed by atoms with E-state index in [0.717, 1.165) is 24.5 Å². The van der Waals surface area contributed by atoms with Crippen molar-refractivity contribution in [1.29, 1.82) is 0 Å². The smallest absolute Gasteiger partial charge is 0.321 e. The van der Waals surface area contributed by atoms with Crippen LogP contribution in [-0.4, -0.2) is 48.9 Å². The number of carbonyl (C=O) groups is 3. The zero-order valence-electron chi connectivity index (χ0n) is 16.6. The summed E-state index contributed by atoms with van der Waals surface area (Å²) in [7, 11) is 0. The van der Waals surface area contributed by atoms with E-state index in [-0.39, 0.29) is 17.8 Å². The maximum atomic E-state index is 12.5. The van der Waals surface area contributed by atoms with E-state index in [1.165, 1.54) is 13.8 Å². The highest BCUT2D eigenvalue weighted by molar-refractivity contribution is 5.91. The first-order valence-electron chi connectivity index (χ1n) is 9.47. The Hall–Kier alpha value is -3.55. The van der Waals surface area contributed by atoms with Crippen molar-refractivity contribution in [3.63, 3.8) is 0 Å². The van der Waals surface area contributed by atoms with Gasteiger partial charge >= 0.3 is 6.03 Å². The van der Waals surface area contributed by atoms with Crippen LogP contribution in [-0.2, 0) is 9.59 Å². The highest BCUT2D eigenvalue weighted by atomic mass is 16.2. The van der Waals surface area contributed by atoms with Gasteiger partial charge in [-0.2, -0.15) is 0 Å². The van der Waals surface area contributed by atoms with Gasteiger partial charge in [0.1, 0.15) is 0 Å². The van der Waals surface area contributed by atoms with Crippen LogP contribution in [0.25, 0.3) is 0 Å². The van der Waals surface area contributed by atoms with Gasteiger partial charge in [-0.25, -0.2) is 4.79 Å². The first-order chi connectivity index (χ1) is 13.9. The first kappa shape index (κ1) is 20.2. The van der Waals surface area contributed by atoms with E-state index in [1.54, 1.807) is 29.2 Å². The summed E-state index contributed by atoms with van der Waals surface area (Å²) in [6.45, 7) is 5.62. The van der Waals surface area contributed by atoms with Crippen LogP contribution >= 0.6 is 0 Å². The molecule has 4 amide bonds. The van der Waals surface area contributed by atoms with Gasteiger partial charge in [-0.3, -0.25) is 9.59 Å². The number of carbonyl (C=O) groups excluding carboxylic acids is 3.